The van der Waals surface area contributed by atoms with E-state index < -0.39 is 5.54 Å². The number of carbonyl (C=O) groups is 4. The molecule has 1 aromatic rings. The van der Waals surface area contributed by atoms with Gasteiger partial charge in [0.25, 0.3) is 5.91 Å². The van der Waals surface area contributed by atoms with Gasteiger partial charge in [-0.1, -0.05) is 18.2 Å². The van der Waals surface area contributed by atoms with Crippen molar-refractivity contribution in [3.05, 3.63) is 30.3 Å². The van der Waals surface area contributed by atoms with Crippen LogP contribution in [0.25, 0.3) is 0 Å². The van der Waals surface area contributed by atoms with Crippen LogP contribution in [0.1, 0.15) is 64.2 Å². The third-order valence-corrected chi connectivity index (χ3v) is 11.0. The van der Waals surface area contributed by atoms with Crippen LogP contribution in [0.2, 0.25) is 0 Å². The topological polar surface area (TPSA) is 123 Å². The first-order valence-electron chi connectivity index (χ1n) is 17.2. The molecule has 45 heavy (non-hydrogen) atoms. The van der Waals surface area contributed by atoms with Gasteiger partial charge in [-0.05, 0) is 95.0 Å². The predicted octanol–water partition coefficient (Wildman–Crippen LogP) is 1.52. The predicted molar refractivity (Wildman–Crippen MR) is 169 cm³/mol. The fraction of sp³-hybridized carbons (Fsp3) is 0.706. The fourth-order valence-corrected chi connectivity index (χ4v) is 8.29. The minimum Gasteiger partial charge on any atom is -0.484 e. The van der Waals surface area contributed by atoms with Crippen molar-refractivity contribution in [3.63, 3.8) is 0 Å². The molecular weight excluding hydrogens is 572 g/mol. The van der Waals surface area contributed by atoms with Crippen LogP contribution in [-0.4, -0.2) is 115 Å². The van der Waals surface area contributed by atoms with E-state index in [4.69, 9.17) is 4.74 Å². The molecule has 11 heteroatoms. The molecule has 2 bridgehead atoms. The Hall–Kier alpha value is -3.18. The van der Waals surface area contributed by atoms with Crippen LogP contribution in [0, 0.1) is 11.8 Å². The van der Waals surface area contributed by atoms with Crippen molar-refractivity contribution >= 4 is 23.6 Å². The number of nitrogens with zero attached hydrogens (tertiary/aromatic N) is 3. The van der Waals surface area contributed by atoms with Gasteiger partial charge in [0.15, 0.2) is 6.61 Å². The third kappa shape index (κ3) is 7.80. The van der Waals surface area contributed by atoms with E-state index in [0.717, 1.165) is 71.2 Å². The number of benzene rings is 1. The number of nitrogens with one attached hydrogen (secondary N) is 3. The van der Waals surface area contributed by atoms with Crippen LogP contribution in [-0.2, 0) is 19.2 Å². The number of rotatable bonds is 3. The van der Waals surface area contributed by atoms with Crippen molar-refractivity contribution in [2.24, 2.45) is 11.8 Å². The normalized spacial score (nSPS) is 28.9. The van der Waals surface area contributed by atoms with Gasteiger partial charge < -0.3 is 30.5 Å². The summed E-state index contributed by atoms with van der Waals surface area (Å²) in [6.45, 7) is 5.60. The molecule has 0 unspecified atom stereocenters. The van der Waals surface area contributed by atoms with Gasteiger partial charge in [-0.2, -0.15) is 0 Å². The molecule has 4 amide bonds. The highest BCUT2D eigenvalue weighted by molar-refractivity contribution is 5.85. The molecule has 3 N–H and O–H groups in total. The highest BCUT2D eigenvalue weighted by Gasteiger charge is 2.44. The lowest BCUT2D eigenvalue weighted by Gasteiger charge is -2.44. The van der Waals surface area contributed by atoms with Gasteiger partial charge in [0, 0.05) is 51.6 Å². The summed E-state index contributed by atoms with van der Waals surface area (Å²) in [6.07, 6.45) is 7.15. The zero-order valence-corrected chi connectivity index (χ0v) is 26.5. The van der Waals surface area contributed by atoms with Crippen molar-refractivity contribution in [1.82, 2.24) is 30.7 Å². The molecule has 1 aromatic carbocycles. The van der Waals surface area contributed by atoms with Crippen LogP contribution < -0.4 is 20.7 Å². The van der Waals surface area contributed by atoms with E-state index in [0.29, 0.717) is 56.5 Å². The van der Waals surface area contributed by atoms with Crippen LogP contribution in [0.5, 0.6) is 5.75 Å². The lowest BCUT2D eigenvalue weighted by atomic mass is 9.81. The van der Waals surface area contributed by atoms with Gasteiger partial charge in [0.05, 0.1) is 11.6 Å². The molecule has 6 aliphatic rings. The minimum atomic E-state index is -0.706. The van der Waals surface area contributed by atoms with Crippen molar-refractivity contribution in [3.8, 4) is 5.75 Å². The van der Waals surface area contributed by atoms with Crippen molar-refractivity contribution in [2.75, 3.05) is 59.0 Å². The highest BCUT2D eigenvalue weighted by atomic mass is 16.5. The Kier molecular flexibility index (Phi) is 10.2. The lowest BCUT2D eigenvalue weighted by molar-refractivity contribution is -0.138. The van der Waals surface area contributed by atoms with Crippen molar-refractivity contribution in [1.29, 1.82) is 0 Å². The number of piperidine rings is 3. The Morgan fingerprint density at radius 1 is 0.889 bits per heavy atom. The van der Waals surface area contributed by atoms with E-state index in [1.54, 1.807) is 4.90 Å². The van der Waals surface area contributed by atoms with Gasteiger partial charge in [-0.15, -0.1) is 0 Å². The van der Waals surface area contributed by atoms with Crippen LogP contribution in [0.4, 0.5) is 0 Å². The number of para-hydroxylation sites is 1. The quantitative estimate of drug-likeness (QED) is 0.467. The number of hydrogen-bond acceptors (Lipinski definition) is 7. The number of carbonyl (C=O) groups excluding carboxylic acids is 4. The highest BCUT2D eigenvalue weighted by Crippen LogP contribution is 2.32. The second-order valence-corrected chi connectivity index (χ2v) is 13.8. The summed E-state index contributed by atoms with van der Waals surface area (Å²) in [7, 11) is 0. The van der Waals surface area contributed by atoms with Crippen molar-refractivity contribution < 1.29 is 23.9 Å². The molecule has 6 fully saturated rings. The molecule has 1 spiro atoms. The summed E-state index contributed by atoms with van der Waals surface area (Å²) in [5.74, 6) is 1.40. The van der Waals surface area contributed by atoms with E-state index in [9.17, 15) is 19.2 Å². The van der Waals surface area contributed by atoms with Crippen LogP contribution >= 0.6 is 0 Å². The number of likely N-dealkylation sites (tertiary alicyclic amines) is 1. The Morgan fingerprint density at radius 2 is 1.64 bits per heavy atom. The monoisotopic (exact) mass is 622 g/mol. The standard InChI is InChI=1S/C34H50N6O5/c41-30-22-34(12-19-39(20-13-34)32(43)24-45-28-5-2-1-3-6-28)37-33(44)29-7-4-16-40(29)27-10-17-38(18-11-27)31(42)21-25-8-14-35-23-26(25)9-15-36-30/h1-3,5-6,25-27,29,35H,4,7-24H2,(H,36,41)(H,37,44)/t25-,26-,29-/m0/s1. The molecule has 6 heterocycles. The summed E-state index contributed by atoms with van der Waals surface area (Å²) in [5.41, 5.74) is -0.706. The van der Waals surface area contributed by atoms with E-state index in [-0.39, 0.29) is 48.7 Å². The number of ether oxygens (including phenoxy) is 1. The van der Waals surface area contributed by atoms with Gasteiger partial charge >= 0.3 is 0 Å². The maximum absolute atomic E-state index is 14.0. The summed E-state index contributed by atoms with van der Waals surface area (Å²) in [5, 5.41) is 10.0. The third-order valence-electron chi connectivity index (χ3n) is 11.0. The Morgan fingerprint density at radius 3 is 2.42 bits per heavy atom. The van der Waals surface area contributed by atoms with E-state index in [1.165, 1.54) is 0 Å². The van der Waals surface area contributed by atoms with E-state index in [2.05, 4.69) is 20.9 Å². The maximum atomic E-state index is 14.0. The molecular formula is C34H50N6O5. The molecule has 0 saturated carbocycles. The minimum absolute atomic E-state index is 0.0109. The first-order chi connectivity index (χ1) is 21.9. The smallest absolute Gasteiger partial charge is 0.260 e. The summed E-state index contributed by atoms with van der Waals surface area (Å²) in [6, 6.07) is 9.35. The second-order valence-electron chi connectivity index (χ2n) is 13.8. The van der Waals surface area contributed by atoms with Crippen LogP contribution in [0.15, 0.2) is 30.3 Å². The van der Waals surface area contributed by atoms with Crippen LogP contribution in [0.3, 0.4) is 0 Å². The Balaban J connectivity index is 1.15. The molecule has 3 atom stereocenters. The largest absolute Gasteiger partial charge is 0.484 e. The van der Waals surface area contributed by atoms with Gasteiger partial charge in [0.2, 0.25) is 17.7 Å². The second kappa shape index (κ2) is 14.5. The molecule has 246 valence electrons. The molecule has 0 aromatic heterocycles. The zero-order valence-electron chi connectivity index (χ0n) is 26.5. The first-order valence-corrected chi connectivity index (χ1v) is 17.2. The first kappa shape index (κ1) is 31.8. The molecule has 0 radical (unpaired) electrons. The summed E-state index contributed by atoms with van der Waals surface area (Å²) in [4.78, 5) is 59.9. The van der Waals surface area contributed by atoms with E-state index in [1.807, 2.05) is 35.2 Å². The molecule has 6 aliphatic heterocycles. The van der Waals surface area contributed by atoms with Gasteiger partial charge in [-0.3, -0.25) is 24.1 Å². The van der Waals surface area contributed by atoms with Gasteiger partial charge in [-0.25, -0.2) is 0 Å². The number of amides is 4. The summed E-state index contributed by atoms with van der Waals surface area (Å²) >= 11 is 0. The zero-order chi connectivity index (χ0) is 31.2. The Bertz CT molecular complexity index is 1200. The van der Waals surface area contributed by atoms with Gasteiger partial charge in [0.1, 0.15) is 5.75 Å². The molecule has 11 nitrogen and oxygen atoms in total. The Labute approximate surface area is 266 Å². The SMILES string of the molecule is O=C1CC2(CCN(C(=O)COc3ccccc3)CC2)NC(=O)[C@@H]2CCCN2C2CCN(CC2)C(=O)C[C@@H]2CCNC[C@@H]2CCN1. The molecule has 0 aliphatic carbocycles. The van der Waals surface area contributed by atoms with E-state index >= 15 is 0 Å². The fourth-order valence-electron chi connectivity index (χ4n) is 8.29. The lowest BCUT2D eigenvalue weighted by Crippen LogP contribution is -2.61. The maximum Gasteiger partial charge on any atom is 0.260 e. The molecule has 7 rings (SSSR count). The average molecular weight is 623 g/mol. The number of fused-ring (bicyclic) bond motifs is 8. The number of hydrogen-bond donors (Lipinski definition) is 3. The average Bonchev–Trinajstić information content (AvgIpc) is 3.55. The van der Waals surface area contributed by atoms with Crippen molar-refractivity contribution in [2.45, 2.75) is 81.8 Å². The molecule has 6 saturated heterocycles. The summed E-state index contributed by atoms with van der Waals surface area (Å²) < 4.78 is 5.70.